The molecule has 0 spiro atoms. The van der Waals surface area contributed by atoms with Crippen LogP contribution in [0.2, 0.25) is 0 Å². The molecule has 1 aliphatic rings. The first-order chi connectivity index (χ1) is 9.22. The molecule has 5 heteroatoms. The zero-order valence-electron chi connectivity index (χ0n) is 10.3. The van der Waals surface area contributed by atoms with Crippen molar-refractivity contribution in [1.29, 1.82) is 0 Å². The fourth-order valence-electron chi connectivity index (χ4n) is 2.15. The molecular formula is C14H14N2O3. The van der Waals surface area contributed by atoms with Crippen LogP contribution in [0.5, 0.6) is 0 Å². The second-order valence-corrected chi connectivity index (χ2v) is 4.58. The minimum absolute atomic E-state index is 0.126. The molecule has 3 rings (SSSR count). The Morgan fingerprint density at radius 1 is 1.47 bits per heavy atom. The molecule has 2 heterocycles. The summed E-state index contributed by atoms with van der Waals surface area (Å²) in [5, 5.41) is 9.38. The standard InChI is InChI=1S/C14H14N2O3/c17-10-7-8-16(9-10)14(18)6-5-13-15-11-3-1-2-4-12(11)19-13/h1-6,10,17H,7-9H2/t10-/m0/s1. The lowest BCUT2D eigenvalue weighted by Crippen LogP contribution is -2.27. The highest BCUT2D eigenvalue weighted by Gasteiger charge is 2.22. The Labute approximate surface area is 110 Å². The molecule has 0 unspecified atom stereocenters. The third-order valence-electron chi connectivity index (χ3n) is 3.15. The fourth-order valence-corrected chi connectivity index (χ4v) is 2.15. The van der Waals surface area contributed by atoms with Crippen LogP contribution in [0, 0.1) is 0 Å². The number of hydrogen-bond acceptors (Lipinski definition) is 4. The summed E-state index contributed by atoms with van der Waals surface area (Å²) >= 11 is 0. The van der Waals surface area contributed by atoms with Gasteiger partial charge in [-0.1, -0.05) is 12.1 Å². The molecule has 1 aliphatic heterocycles. The van der Waals surface area contributed by atoms with Crippen molar-refractivity contribution in [3.8, 4) is 0 Å². The van der Waals surface area contributed by atoms with Crippen molar-refractivity contribution in [3.05, 3.63) is 36.2 Å². The first-order valence-electron chi connectivity index (χ1n) is 6.23. The lowest BCUT2D eigenvalue weighted by atomic mass is 10.3. The molecular weight excluding hydrogens is 244 g/mol. The Balaban J connectivity index is 1.73. The van der Waals surface area contributed by atoms with Crippen LogP contribution < -0.4 is 0 Å². The maximum Gasteiger partial charge on any atom is 0.246 e. The van der Waals surface area contributed by atoms with Crippen LogP contribution in [0.25, 0.3) is 17.2 Å². The molecule has 1 fully saturated rings. The quantitative estimate of drug-likeness (QED) is 0.828. The number of aromatic nitrogens is 1. The Hall–Kier alpha value is -2.14. The highest BCUT2D eigenvalue weighted by molar-refractivity contribution is 5.91. The number of para-hydroxylation sites is 2. The highest BCUT2D eigenvalue weighted by Crippen LogP contribution is 2.16. The topological polar surface area (TPSA) is 66.6 Å². The highest BCUT2D eigenvalue weighted by atomic mass is 16.3. The van der Waals surface area contributed by atoms with Crippen LogP contribution in [-0.4, -0.2) is 40.1 Å². The van der Waals surface area contributed by atoms with Crippen molar-refractivity contribution in [1.82, 2.24) is 9.88 Å². The van der Waals surface area contributed by atoms with Gasteiger partial charge in [0, 0.05) is 25.2 Å². The maximum atomic E-state index is 11.8. The Kier molecular flexibility index (Phi) is 3.05. The van der Waals surface area contributed by atoms with Crippen molar-refractivity contribution in [2.75, 3.05) is 13.1 Å². The van der Waals surface area contributed by atoms with Crippen LogP contribution in [-0.2, 0) is 4.79 Å². The van der Waals surface area contributed by atoms with E-state index in [0.717, 1.165) is 5.52 Å². The van der Waals surface area contributed by atoms with Gasteiger partial charge in [0.15, 0.2) is 5.58 Å². The zero-order valence-corrected chi connectivity index (χ0v) is 10.3. The van der Waals surface area contributed by atoms with Crippen molar-refractivity contribution >= 4 is 23.1 Å². The average Bonchev–Trinajstić information content (AvgIpc) is 3.01. The van der Waals surface area contributed by atoms with Gasteiger partial charge in [-0.3, -0.25) is 4.79 Å². The second-order valence-electron chi connectivity index (χ2n) is 4.58. The SMILES string of the molecule is O=C(C=Cc1nc2ccccc2o1)N1CC[C@H](O)C1. The number of carbonyl (C=O) groups is 1. The van der Waals surface area contributed by atoms with Gasteiger partial charge >= 0.3 is 0 Å². The molecule has 0 saturated carbocycles. The number of rotatable bonds is 2. The Morgan fingerprint density at radius 3 is 3.05 bits per heavy atom. The summed E-state index contributed by atoms with van der Waals surface area (Å²) in [6.07, 6.45) is 3.24. The van der Waals surface area contributed by atoms with Gasteiger partial charge < -0.3 is 14.4 Å². The van der Waals surface area contributed by atoms with Crippen molar-refractivity contribution in [3.63, 3.8) is 0 Å². The predicted molar refractivity (Wildman–Crippen MR) is 70.2 cm³/mol. The third-order valence-corrected chi connectivity index (χ3v) is 3.15. The van der Waals surface area contributed by atoms with E-state index in [4.69, 9.17) is 4.42 Å². The number of aliphatic hydroxyl groups excluding tert-OH is 1. The van der Waals surface area contributed by atoms with E-state index in [2.05, 4.69) is 4.98 Å². The molecule has 5 nitrogen and oxygen atoms in total. The first kappa shape index (κ1) is 11.9. The summed E-state index contributed by atoms with van der Waals surface area (Å²) in [5.41, 5.74) is 1.47. The number of likely N-dealkylation sites (tertiary alicyclic amines) is 1. The maximum absolute atomic E-state index is 11.8. The van der Waals surface area contributed by atoms with Crippen LogP contribution in [0.3, 0.4) is 0 Å². The summed E-state index contributed by atoms with van der Waals surface area (Å²) in [6.45, 7) is 0.995. The number of fused-ring (bicyclic) bond motifs is 1. The second kappa shape index (κ2) is 4.85. The molecule has 1 aromatic heterocycles. The largest absolute Gasteiger partial charge is 0.437 e. The van der Waals surface area contributed by atoms with Crippen molar-refractivity contribution in [2.45, 2.75) is 12.5 Å². The molecule has 2 aromatic rings. The van der Waals surface area contributed by atoms with Gasteiger partial charge in [0.1, 0.15) is 5.52 Å². The smallest absolute Gasteiger partial charge is 0.246 e. The molecule has 19 heavy (non-hydrogen) atoms. The number of amides is 1. The fraction of sp³-hybridized carbons (Fsp3) is 0.286. The number of aliphatic hydroxyl groups is 1. The van der Waals surface area contributed by atoms with Crippen molar-refractivity contribution in [2.24, 2.45) is 0 Å². The summed E-state index contributed by atoms with van der Waals surface area (Å²) in [5.74, 6) is 0.285. The summed E-state index contributed by atoms with van der Waals surface area (Å²) in [4.78, 5) is 17.7. The van der Waals surface area contributed by atoms with Crippen LogP contribution >= 0.6 is 0 Å². The van der Waals surface area contributed by atoms with Gasteiger partial charge in [-0.2, -0.15) is 0 Å². The number of nitrogens with zero attached hydrogens (tertiary/aromatic N) is 2. The van der Waals surface area contributed by atoms with Gasteiger partial charge in [-0.25, -0.2) is 4.98 Å². The minimum Gasteiger partial charge on any atom is -0.437 e. The molecule has 98 valence electrons. The summed E-state index contributed by atoms with van der Waals surface area (Å²) in [6, 6.07) is 7.44. The normalized spacial score (nSPS) is 19.6. The Bertz CT molecular complexity index is 599. The number of oxazole rings is 1. The van der Waals surface area contributed by atoms with E-state index >= 15 is 0 Å². The number of hydrogen-bond donors (Lipinski definition) is 1. The number of benzene rings is 1. The van der Waals surface area contributed by atoms with E-state index in [9.17, 15) is 9.90 Å². The molecule has 0 bridgehead atoms. The first-order valence-corrected chi connectivity index (χ1v) is 6.23. The van der Waals surface area contributed by atoms with E-state index < -0.39 is 6.10 Å². The van der Waals surface area contributed by atoms with E-state index in [1.807, 2.05) is 24.3 Å². The lowest BCUT2D eigenvalue weighted by molar-refractivity contribution is -0.125. The molecule has 1 aromatic carbocycles. The van der Waals surface area contributed by atoms with Gasteiger partial charge in [-0.05, 0) is 18.6 Å². The van der Waals surface area contributed by atoms with Gasteiger partial charge in [0.25, 0.3) is 0 Å². The molecule has 1 amide bonds. The molecule has 1 N–H and O–H groups in total. The van der Waals surface area contributed by atoms with Gasteiger partial charge in [0.2, 0.25) is 11.8 Å². The van der Waals surface area contributed by atoms with Crippen molar-refractivity contribution < 1.29 is 14.3 Å². The minimum atomic E-state index is -0.401. The predicted octanol–water partition coefficient (Wildman–Crippen LogP) is 1.43. The monoisotopic (exact) mass is 258 g/mol. The van der Waals surface area contributed by atoms with Crippen LogP contribution in [0.4, 0.5) is 0 Å². The Morgan fingerprint density at radius 2 is 2.32 bits per heavy atom. The molecule has 0 radical (unpaired) electrons. The zero-order chi connectivity index (χ0) is 13.2. The van der Waals surface area contributed by atoms with Gasteiger partial charge in [0.05, 0.1) is 6.10 Å². The molecule has 1 atom stereocenters. The third kappa shape index (κ3) is 2.51. The summed E-state index contributed by atoms with van der Waals surface area (Å²) < 4.78 is 5.48. The van der Waals surface area contributed by atoms with Gasteiger partial charge in [-0.15, -0.1) is 0 Å². The van der Waals surface area contributed by atoms with Crippen LogP contribution in [0.1, 0.15) is 12.3 Å². The summed E-state index contributed by atoms with van der Waals surface area (Å²) in [7, 11) is 0. The number of β-amino-alcohol motifs (C(OH)–C–C–N with tert-alkyl or cyclic N) is 1. The lowest BCUT2D eigenvalue weighted by Gasteiger charge is -2.11. The van der Waals surface area contributed by atoms with E-state index in [1.165, 1.54) is 6.08 Å². The molecule has 0 aliphatic carbocycles. The van der Waals surface area contributed by atoms with Crippen LogP contribution in [0.15, 0.2) is 34.8 Å². The average molecular weight is 258 g/mol. The van der Waals surface area contributed by atoms with E-state index in [0.29, 0.717) is 31.0 Å². The van der Waals surface area contributed by atoms with E-state index in [-0.39, 0.29) is 5.91 Å². The van der Waals surface area contributed by atoms with E-state index in [1.54, 1.807) is 11.0 Å². The number of carbonyl (C=O) groups excluding carboxylic acids is 1. The molecule has 1 saturated heterocycles.